The molecule has 0 unspecified atom stereocenters. The summed E-state index contributed by atoms with van der Waals surface area (Å²) in [5.41, 5.74) is 0. The van der Waals surface area contributed by atoms with E-state index in [2.05, 4.69) is 9.47 Å². The Morgan fingerprint density at radius 3 is 2.73 bits per heavy atom. The van der Waals surface area contributed by atoms with E-state index in [-0.39, 0.29) is 0 Å². The van der Waals surface area contributed by atoms with Gasteiger partial charge in [0.1, 0.15) is 6.61 Å². The second-order valence-electron chi connectivity index (χ2n) is 1.48. The fourth-order valence-electron chi connectivity index (χ4n) is 0.293. The van der Waals surface area contributed by atoms with Crippen LogP contribution in [0.15, 0.2) is 0 Å². The summed E-state index contributed by atoms with van der Waals surface area (Å²) in [4.78, 5) is 10.0. The van der Waals surface area contributed by atoms with Crippen LogP contribution < -0.4 is 0 Å². The lowest BCUT2D eigenvalue weighted by molar-refractivity contribution is -0.142. The lowest BCUT2D eigenvalue weighted by Crippen LogP contribution is -2.12. The van der Waals surface area contributed by atoms with Gasteiger partial charge in [-0.3, -0.25) is 0 Å². The average molecular weight is 168 g/mol. The van der Waals surface area contributed by atoms with Gasteiger partial charge in [-0.05, 0) is 0 Å². The van der Waals surface area contributed by atoms with Crippen LogP contribution in [0.25, 0.3) is 0 Å². The Bertz CT molecular complexity index is 214. The van der Waals surface area contributed by atoms with Crippen molar-refractivity contribution >= 4 is 5.97 Å². The van der Waals surface area contributed by atoms with Crippen LogP contribution in [0.5, 0.6) is 0 Å². The van der Waals surface area contributed by atoms with Crippen LogP contribution in [0.3, 0.4) is 0 Å². The molecular formula is C6H12O5. The fourth-order valence-corrected chi connectivity index (χ4v) is 0.293. The van der Waals surface area contributed by atoms with Gasteiger partial charge in [0.05, 0.1) is 31.8 Å². The van der Waals surface area contributed by atoms with E-state index in [1.807, 2.05) is 0 Å². The summed E-state index contributed by atoms with van der Waals surface area (Å²) in [5.74, 6) is -1.32. The zero-order valence-electron chi connectivity index (χ0n) is 9.74. The minimum Gasteiger partial charge on any atom is -0.480 e. The van der Waals surface area contributed by atoms with Crippen molar-refractivity contribution in [1.82, 2.24) is 0 Å². The number of carboxylic acids is 1. The summed E-state index contributed by atoms with van der Waals surface area (Å²) < 4.78 is 36.2. The molecule has 0 radical (unpaired) electrons. The Morgan fingerprint density at radius 1 is 1.45 bits per heavy atom. The van der Waals surface area contributed by atoms with Gasteiger partial charge in [-0.2, -0.15) is 0 Å². The normalized spacial score (nSPS) is 17.9. The van der Waals surface area contributed by atoms with Gasteiger partial charge < -0.3 is 19.7 Å². The Hall–Kier alpha value is -0.650. The maximum Gasteiger partial charge on any atom is 0.329 e. The van der Waals surface area contributed by atoms with E-state index in [9.17, 15) is 4.79 Å². The van der Waals surface area contributed by atoms with E-state index in [1.165, 1.54) is 0 Å². The molecule has 5 nitrogen and oxygen atoms in total. The first-order valence-electron chi connectivity index (χ1n) is 4.78. The predicted molar refractivity (Wildman–Crippen MR) is 36.4 cm³/mol. The van der Waals surface area contributed by atoms with Crippen LogP contribution in [-0.2, 0) is 14.3 Å². The third-order valence-electron chi connectivity index (χ3n) is 0.625. The second-order valence-corrected chi connectivity index (χ2v) is 1.48. The Kier molecular flexibility index (Phi) is 3.44. The molecule has 11 heavy (non-hydrogen) atoms. The standard InChI is InChI=1S/C6H12O5/c7-1-2-10-3-4-11-5-6(8)9/h7H,1-5H2,(H,8,9)/i1D2,4D2. The molecule has 0 heterocycles. The molecule has 0 aromatic carbocycles. The highest BCUT2D eigenvalue weighted by molar-refractivity contribution is 5.67. The summed E-state index contributed by atoms with van der Waals surface area (Å²) in [7, 11) is 0. The van der Waals surface area contributed by atoms with Crippen LogP contribution >= 0.6 is 0 Å². The molecule has 5 heteroatoms. The number of hydrogen-bond acceptors (Lipinski definition) is 4. The van der Waals surface area contributed by atoms with E-state index in [0.717, 1.165) is 0 Å². The first-order chi connectivity index (χ1) is 6.62. The maximum absolute atomic E-state index is 10.0. The van der Waals surface area contributed by atoms with Crippen LogP contribution in [0, 0.1) is 0 Å². The average Bonchev–Trinajstić information content (AvgIpc) is 1.98. The number of aliphatic hydroxyl groups is 1. The number of rotatable bonds is 7. The molecule has 66 valence electrons. The Morgan fingerprint density at radius 2 is 2.18 bits per heavy atom. The zero-order valence-corrected chi connectivity index (χ0v) is 5.74. The van der Waals surface area contributed by atoms with E-state index in [1.54, 1.807) is 0 Å². The monoisotopic (exact) mass is 168 g/mol. The summed E-state index contributed by atoms with van der Waals surface area (Å²) in [6, 6.07) is 0. The van der Waals surface area contributed by atoms with Crippen molar-refractivity contribution in [3.63, 3.8) is 0 Å². The quantitative estimate of drug-likeness (QED) is 0.515. The molecule has 0 atom stereocenters. The van der Waals surface area contributed by atoms with Crippen molar-refractivity contribution in [2.24, 2.45) is 0 Å². The van der Waals surface area contributed by atoms with Crippen molar-refractivity contribution in [2.45, 2.75) is 0 Å². The zero-order chi connectivity index (χ0) is 12.1. The second kappa shape index (κ2) is 7.46. The molecule has 0 amide bonds. The minimum absolute atomic E-state index is 0.666. The molecule has 0 spiro atoms. The lowest BCUT2D eigenvalue weighted by atomic mass is 10.7. The molecule has 0 bridgehead atoms. The molecule has 0 aliphatic rings. The van der Waals surface area contributed by atoms with Gasteiger partial charge in [0, 0.05) is 0 Å². The molecule has 0 saturated carbocycles. The number of aliphatic carboxylic acids is 1. The highest BCUT2D eigenvalue weighted by Gasteiger charge is 1.94. The van der Waals surface area contributed by atoms with E-state index >= 15 is 0 Å². The SMILES string of the molecule is [2H]C([2H])(O)COCC([2H])([2H])OCC(=O)O. The number of carbonyl (C=O) groups is 1. The molecule has 0 rings (SSSR count). The molecule has 0 aromatic rings. The van der Waals surface area contributed by atoms with E-state index in [0.29, 0.717) is 0 Å². The summed E-state index contributed by atoms with van der Waals surface area (Å²) in [6.45, 7) is -7.09. The molecule has 0 aliphatic heterocycles. The van der Waals surface area contributed by atoms with Gasteiger partial charge in [-0.15, -0.1) is 0 Å². The summed E-state index contributed by atoms with van der Waals surface area (Å²) in [6.07, 6.45) is 0. The predicted octanol–water partition coefficient (Wildman–Crippen LogP) is -0.904. The van der Waals surface area contributed by atoms with Crippen molar-refractivity contribution in [1.29, 1.82) is 0 Å². The fraction of sp³-hybridized carbons (Fsp3) is 0.833. The van der Waals surface area contributed by atoms with Gasteiger partial charge >= 0.3 is 5.97 Å². The smallest absolute Gasteiger partial charge is 0.329 e. The van der Waals surface area contributed by atoms with Gasteiger partial charge in [-0.1, -0.05) is 0 Å². The summed E-state index contributed by atoms with van der Waals surface area (Å²) in [5, 5.41) is 16.8. The van der Waals surface area contributed by atoms with Crippen LogP contribution in [-0.4, -0.2) is 49.1 Å². The molecule has 0 saturated heterocycles. The third kappa shape index (κ3) is 9.35. The first kappa shape index (κ1) is 5.08. The van der Waals surface area contributed by atoms with E-state index < -0.39 is 38.9 Å². The van der Waals surface area contributed by atoms with Crippen LogP contribution in [0.2, 0.25) is 0 Å². The first-order valence-corrected chi connectivity index (χ1v) is 2.78. The maximum atomic E-state index is 10.0. The van der Waals surface area contributed by atoms with Crippen molar-refractivity contribution < 1.29 is 30.0 Å². The van der Waals surface area contributed by atoms with Gasteiger partial charge in [-0.25, -0.2) is 4.79 Å². The Labute approximate surface area is 70.2 Å². The number of ether oxygens (including phenoxy) is 2. The lowest BCUT2D eigenvalue weighted by Gasteiger charge is -2.01. The highest BCUT2D eigenvalue weighted by atomic mass is 16.5. The van der Waals surface area contributed by atoms with Crippen LogP contribution in [0.1, 0.15) is 5.48 Å². The minimum atomic E-state index is -2.55. The van der Waals surface area contributed by atoms with Crippen molar-refractivity contribution in [3.8, 4) is 0 Å². The topological polar surface area (TPSA) is 76.0 Å². The highest BCUT2D eigenvalue weighted by Crippen LogP contribution is 1.77. The third-order valence-corrected chi connectivity index (χ3v) is 0.625. The molecule has 0 aliphatic carbocycles. The molecule has 0 aromatic heterocycles. The van der Waals surface area contributed by atoms with Gasteiger partial charge in [0.15, 0.2) is 0 Å². The van der Waals surface area contributed by atoms with Gasteiger partial charge in [0.2, 0.25) is 0 Å². The molecule has 2 N–H and O–H groups in total. The van der Waals surface area contributed by atoms with Crippen molar-refractivity contribution in [2.75, 3.05) is 32.9 Å². The molecule has 0 fully saturated rings. The van der Waals surface area contributed by atoms with Crippen molar-refractivity contribution in [3.05, 3.63) is 0 Å². The van der Waals surface area contributed by atoms with E-state index in [4.69, 9.17) is 15.7 Å². The van der Waals surface area contributed by atoms with Gasteiger partial charge in [0.25, 0.3) is 0 Å². The largest absolute Gasteiger partial charge is 0.480 e. The number of carboxylic acid groups (broad SMARTS) is 1. The molecular weight excluding hydrogens is 152 g/mol. The Balaban J connectivity index is 3.78. The summed E-state index contributed by atoms with van der Waals surface area (Å²) >= 11 is 0. The van der Waals surface area contributed by atoms with Crippen LogP contribution in [0.4, 0.5) is 0 Å². The number of hydrogen-bond donors (Lipinski definition) is 2.